The van der Waals surface area contributed by atoms with Crippen molar-refractivity contribution in [2.45, 2.75) is 32.4 Å². The van der Waals surface area contributed by atoms with Gasteiger partial charge in [-0.1, -0.05) is 24.3 Å². The van der Waals surface area contributed by atoms with Gasteiger partial charge in [-0.25, -0.2) is 0 Å². The Morgan fingerprint density at radius 2 is 1.95 bits per heavy atom. The minimum absolute atomic E-state index is 0.393. The molecule has 1 aromatic heterocycles. The Bertz CT molecular complexity index is 495. The van der Waals surface area contributed by atoms with Gasteiger partial charge >= 0.3 is 0 Å². The molecule has 2 nitrogen and oxygen atoms in total. The number of benzene rings is 1. The molecule has 1 unspecified atom stereocenters. The molecule has 0 spiro atoms. The number of rotatable bonds is 6. The average Bonchev–Trinajstić information content (AvgIpc) is 2.93. The zero-order chi connectivity index (χ0) is 13.7. The lowest BCUT2D eigenvalue weighted by atomic mass is 10.1. The Hall–Kier alpha value is -1.32. The van der Waals surface area contributed by atoms with Crippen LogP contribution < -0.4 is 10.1 Å². The lowest BCUT2D eigenvalue weighted by Crippen LogP contribution is -2.30. The molecule has 102 valence electrons. The summed E-state index contributed by atoms with van der Waals surface area (Å²) in [5.74, 6) is 0.972. The van der Waals surface area contributed by atoms with Crippen LogP contribution in [0.5, 0.6) is 5.75 Å². The first-order valence-corrected chi connectivity index (χ1v) is 7.50. The first kappa shape index (κ1) is 14.1. The van der Waals surface area contributed by atoms with Gasteiger partial charge in [-0.3, -0.25) is 0 Å². The standard InChI is InChI=1S/C16H21NOS/c1-12(17-13(2)16-9-6-10-19-16)11-14-7-4-5-8-15(14)18-3/h4-10,12-13,17H,11H2,1-3H3/t12?,13-/m1/s1. The molecule has 0 aliphatic heterocycles. The second-order valence-corrected chi connectivity index (χ2v) is 5.80. The van der Waals surface area contributed by atoms with E-state index in [0.29, 0.717) is 12.1 Å². The van der Waals surface area contributed by atoms with Gasteiger partial charge in [0.2, 0.25) is 0 Å². The van der Waals surface area contributed by atoms with Crippen molar-refractivity contribution < 1.29 is 4.74 Å². The van der Waals surface area contributed by atoms with Gasteiger partial charge in [0.15, 0.2) is 0 Å². The molecule has 2 atom stereocenters. The van der Waals surface area contributed by atoms with E-state index in [2.05, 4.69) is 48.8 Å². The summed E-state index contributed by atoms with van der Waals surface area (Å²) in [6.07, 6.45) is 0.972. The van der Waals surface area contributed by atoms with E-state index in [0.717, 1.165) is 12.2 Å². The molecular formula is C16H21NOS. The van der Waals surface area contributed by atoms with Gasteiger partial charge < -0.3 is 10.1 Å². The summed E-state index contributed by atoms with van der Waals surface area (Å²) in [4.78, 5) is 1.38. The first-order chi connectivity index (χ1) is 9.20. The molecule has 0 fully saturated rings. The summed E-state index contributed by atoms with van der Waals surface area (Å²) in [5.41, 5.74) is 1.25. The highest BCUT2D eigenvalue weighted by atomic mass is 32.1. The molecular weight excluding hydrogens is 254 g/mol. The van der Waals surface area contributed by atoms with Crippen molar-refractivity contribution in [1.29, 1.82) is 0 Å². The van der Waals surface area contributed by atoms with Gasteiger partial charge in [0.25, 0.3) is 0 Å². The van der Waals surface area contributed by atoms with Crippen LogP contribution in [0, 0.1) is 0 Å². The van der Waals surface area contributed by atoms with Crippen LogP contribution in [0.25, 0.3) is 0 Å². The summed E-state index contributed by atoms with van der Waals surface area (Å²) in [6.45, 7) is 4.43. The van der Waals surface area contributed by atoms with E-state index in [-0.39, 0.29) is 0 Å². The lowest BCUT2D eigenvalue weighted by molar-refractivity contribution is 0.403. The zero-order valence-electron chi connectivity index (χ0n) is 11.7. The van der Waals surface area contributed by atoms with Gasteiger partial charge in [-0.05, 0) is 43.3 Å². The Balaban J connectivity index is 1.95. The number of hydrogen-bond donors (Lipinski definition) is 1. The van der Waals surface area contributed by atoms with Crippen molar-refractivity contribution in [3.05, 3.63) is 52.2 Å². The minimum Gasteiger partial charge on any atom is -0.496 e. The highest BCUT2D eigenvalue weighted by molar-refractivity contribution is 7.10. The van der Waals surface area contributed by atoms with Crippen LogP contribution in [-0.2, 0) is 6.42 Å². The molecule has 1 heterocycles. The van der Waals surface area contributed by atoms with Crippen molar-refractivity contribution in [2.75, 3.05) is 7.11 Å². The molecule has 0 aliphatic rings. The van der Waals surface area contributed by atoms with Gasteiger partial charge in [0.1, 0.15) is 5.75 Å². The van der Waals surface area contributed by atoms with Crippen molar-refractivity contribution in [1.82, 2.24) is 5.32 Å². The van der Waals surface area contributed by atoms with Crippen molar-refractivity contribution in [3.8, 4) is 5.75 Å². The van der Waals surface area contributed by atoms with Crippen LogP contribution >= 0.6 is 11.3 Å². The van der Waals surface area contributed by atoms with Crippen LogP contribution in [0.2, 0.25) is 0 Å². The fourth-order valence-electron chi connectivity index (χ4n) is 2.31. The molecule has 1 N–H and O–H groups in total. The second kappa shape index (κ2) is 6.73. The maximum absolute atomic E-state index is 5.40. The van der Waals surface area contributed by atoms with Gasteiger partial charge in [0, 0.05) is 17.0 Å². The summed E-state index contributed by atoms with van der Waals surface area (Å²) < 4.78 is 5.40. The zero-order valence-corrected chi connectivity index (χ0v) is 12.5. The van der Waals surface area contributed by atoms with Crippen molar-refractivity contribution in [2.24, 2.45) is 0 Å². The quantitative estimate of drug-likeness (QED) is 0.859. The molecule has 0 bridgehead atoms. The summed E-state index contributed by atoms with van der Waals surface area (Å²) >= 11 is 1.80. The number of nitrogens with one attached hydrogen (secondary N) is 1. The highest BCUT2D eigenvalue weighted by Gasteiger charge is 2.12. The first-order valence-electron chi connectivity index (χ1n) is 6.62. The summed E-state index contributed by atoms with van der Waals surface area (Å²) in [5, 5.41) is 5.76. The Morgan fingerprint density at radius 3 is 2.63 bits per heavy atom. The van der Waals surface area contributed by atoms with Crippen LogP contribution in [0.1, 0.15) is 30.3 Å². The Labute approximate surface area is 119 Å². The Morgan fingerprint density at radius 1 is 1.16 bits per heavy atom. The van der Waals surface area contributed by atoms with E-state index in [1.807, 2.05) is 12.1 Å². The van der Waals surface area contributed by atoms with E-state index in [9.17, 15) is 0 Å². The fraction of sp³-hybridized carbons (Fsp3) is 0.375. The third kappa shape index (κ3) is 3.82. The van der Waals surface area contributed by atoms with Crippen LogP contribution in [-0.4, -0.2) is 13.2 Å². The minimum atomic E-state index is 0.393. The third-order valence-electron chi connectivity index (χ3n) is 3.22. The second-order valence-electron chi connectivity index (χ2n) is 4.82. The van der Waals surface area contributed by atoms with Crippen molar-refractivity contribution in [3.63, 3.8) is 0 Å². The molecule has 3 heteroatoms. The van der Waals surface area contributed by atoms with Gasteiger partial charge in [-0.15, -0.1) is 11.3 Å². The summed E-state index contributed by atoms with van der Waals surface area (Å²) in [7, 11) is 1.73. The van der Waals surface area contributed by atoms with E-state index in [4.69, 9.17) is 4.74 Å². The normalized spacial score (nSPS) is 14.1. The molecule has 0 amide bonds. The van der Waals surface area contributed by atoms with Gasteiger partial charge in [-0.2, -0.15) is 0 Å². The smallest absolute Gasteiger partial charge is 0.122 e. The number of thiophene rings is 1. The third-order valence-corrected chi connectivity index (χ3v) is 4.28. The monoisotopic (exact) mass is 275 g/mol. The molecule has 1 aromatic carbocycles. The summed E-state index contributed by atoms with van der Waals surface area (Å²) in [6, 6.07) is 13.3. The maximum Gasteiger partial charge on any atom is 0.122 e. The maximum atomic E-state index is 5.40. The Kier molecular flexibility index (Phi) is 5.00. The van der Waals surface area contributed by atoms with Crippen LogP contribution in [0.15, 0.2) is 41.8 Å². The van der Waals surface area contributed by atoms with Crippen molar-refractivity contribution >= 4 is 11.3 Å². The van der Waals surface area contributed by atoms with E-state index in [1.165, 1.54) is 10.4 Å². The largest absolute Gasteiger partial charge is 0.496 e. The highest BCUT2D eigenvalue weighted by Crippen LogP contribution is 2.22. The molecule has 2 aromatic rings. The molecule has 0 saturated carbocycles. The van der Waals surface area contributed by atoms with E-state index < -0.39 is 0 Å². The predicted octanol–water partition coefficient (Wildman–Crippen LogP) is 4.04. The molecule has 0 aliphatic carbocycles. The lowest BCUT2D eigenvalue weighted by Gasteiger charge is -2.20. The number of para-hydroxylation sites is 1. The molecule has 0 radical (unpaired) electrons. The van der Waals surface area contributed by atoms with Crippen LogP contribution in [0.3, 0.4) is 0 Å². The number of hydrogen-bond acceptors (Lipinski definition) is 3. The van der Waals surface area contributed by atoms with Crippen LogP contribution in [0.4, 0.5) is 0 Å². The fourth-order valence-corrected chi connectivity index (χ4v) is 3.05. The topological polar surface area (TPSA) is 21.3 Å². The molecule has 19 heavy (non-hydrogen) atoms. The number of ether oxygens (including phenoxy) is 1. The molecule has 2 rings (SSSR count). The predicted molar refractivity (Wildman–Crippen MR) is 82.0 cm³/mol. The van der Waals surface area contributed by atoms with E-state index in [1.54, 1.807) is 18.4 Å². The SMILES string of the molecule is COc1ccccc1CC(C)N[C@H](C)c1cccs1. The van der Waals surface area contributed by atoms with E-state index >= 15 is 0 Å². The molecule has 0 saturated heterocycles. The average molecular weight is 275 g/mol. The van der Waals surface area contributed by atoms with Gasteiger partial charge in [0.05, 0.1) is 7.11 Å². The number of methoxy groups -OCH3 is 1.